The molecule has 1 aromatic carbocycles. The van der Waals surface area contributed by atoms with Gasteiger partial charge in [-0.1, -0.05) is 31.2 Å². The molecule has 2 aromatic rings. The predicted octanol–water partition coefficient (Wildman–Crippen LogP) is 3.00. The molecule has 0 aliphatic carbocycles. The number of nitrogens with one attached hydrogen (secondary N) is 1. The van der Waals surface area contributed by atoms with Crippen LogP contribution in [0.4, 0.5) is 0 Å². The molecule has 26 heavy (non-hydrogen) atoms. The monoisotopic (exact) mass is 468 g/mol. The van der Waals surface area contributed by atoms with E-state index in [0.29, 0.717) is 6.54 Å². The first kappa shape index (κ1) is 20.7. The predicted molar refractivity (Wildman–Crippen MR) is 116 cm³/mol. The number of guanidine groups is 1. The molecule has 1 aromatic heterocycles. The van der Waals surface area contributed by atoms with Gasteiger partial charge < -0.3 is 14.8 Å². The third-order valence-corrected chi connectivity index (χ3v) is 4.60. The maximum Gasteiger partial charge on any atom is 0.194 e. The fraction of sp³-hybridized carbons (Fsp3) is 0.526. The van der Waals surface area contributed by atoms with E-state index in [-0.39, 0.29) is 24.0 Å². The Hall–Kier alpha value is -1.64. The van der Waals surface area contributed by atoms with E-state index in [1.165, 1.54) is 11.1 Å². The zero-order valence-corrected chi connectivity index (χ0v) is 18.2. The highest BCUT2D eigenvalue weighted by Crippen LogP contribution is 2.14. The van der Waals surface area contributed by atoms with Gasteiger partial charge in [0, 0.05) is 33.1 Å². The van der Waals surface area contributed by atoms with Gasteiger partial charge in [-0.2, -0.15) is 0 Å². The van der Waals surface area contributed by atoms with E-state index in [1.807, 2.05) is 0 Å². The fourth-order valence-electron chi connectivity index (χ4n) is 3.17. The Morgan fingerprint density at radius 1 is 1.19 bits per heavy atom. The number of hydrogen-bond donors (Lipinski definition) is 1. The van der Waals surface area contributed by atoms with E-state index in [1.54, 1.807) is 0 Å². The van der Waals surface area contributed by atoms with Gasteiger partial charge in [0.1, 0.15) is 12.4 Å². The minimum absolute atomic E-state index is 0. The van der Waals surface area contributed by atoms with Crippen LogP contribution >= 0.6 is 24.0 Å². The summed E-state index contributed by atoms with van der Waals surface area (Å²) >= 11 is 0. The molecular formula is C19H29IN6. The van der Waals surface area contributed by atoms with Crippen LogP contribution in [0.1, 0.15) is 43.0 Å². The van der Waals surface area contributed by atoms with Crippen molar-refractivity contribution in [1.29, 1.82) is 0 Å². The van der Waals surface area contributed by atoms with Crippen LogP contribution in [0.5, 0.6) is 0 Å². The SMILES string of the molecule is CCNC(=NCc1nnc2n1CCC2)N(C)Cc1ccc(CC)cc1.I. The van der Waals surface area contributed by atoms with Crippen molar-refractivity contribution in [2.75, 3.05) is 13.6 Å². The number of benzene rings is 1. The molecule has 6 nitrogen and oxygen atoms in total. The number of nitrogens with zero attached hydrogens (tertiary/aromatic N) is 5. The molecule has 0 saturated carbocycles. The highest BCUT2D eigenvalue weighted by molar-refractivity contribution is 14.0. The summed E-state index contributed by atoms with van der Waals surface area (Å²) < 4.78 is 2.20. The lowest BCUT2D eigenvalue weighted by Gasteiger charge is -2.22. The Labute approximate surface area is 173 Å². The number of aryl methyl sites for hydroxylation is 2. The van der Waals surface area contributed by atoms with Crippen LogP contribution in [0, 0.1) is 0 Å². The van der Waals surface area contributed by atoms with Gasteiger partial charge in [-0.05, 0) is 30.9 Å². The molecule has 3 rings (SSSR count). The van der Waals surface area contributed by atoms with Crippen LogP contribution < -0.4 is 5.32 Å². The van der Waals surface area contributed by atoms with Gasteiger partial charge in [0.05, 0.1) is 0 Å². The highest BCUT2D eigenvalue weighted by Gasteiger charge is 2.17. The molecule has 0 fully saturated rings. The van der Waals surface area contributed by atoms with Gasteiger partial charge in [-0.25, -0.2) is 4.99 Å². The van der Waals surface area contributed by atoms with Crippen LogP contribution in [0.25, 0.3) is 0 Å². The minimum Gasteiger partial charge on any atom is -0.357 e. The summed E-state index contributed by atoms with van der Waals surface area (Å²) in [7, 11) is 2.07. The van der Waals surface area contributed by atoms with Crippen LogP contribution in [0.3, 0.4) is 0 Å². The third-order valence-electron chi connectivity index (χ3n) is 4.60. The van der Waals surface area contributed by atoms with Crippen molar-refractivity contribution in [3.63, 3.8) is 0 Å². The standard InChI is InChI=1S/C19H28N6.HI/c1-4-15-8-10-16(11-9-15)14-24(3)19(20-5-2)21-13-18-23-22-17-7-6-12-25(17)18;/h8-11H,4-7,12-14H2,1-3H3,(H,20,21);1H. The molecule has 0 atom stereocenters. The average Bonchev–Trinajstić information content (AvgIpc) is 3.23. The molecule has 1 aliphatic heterocycles. The minimum atomic E-state index is 0. The zero-order valence-electron chi connectivity index (χ0n) is 15.9. The third kappa shape index (κ3) is 4.96. The summed E-state index contributed by atoms with van der Waals surface area (Å²) in [6, 6.07) is 8.80. The van der Waals surface area contributed by atoms with Gasteiger partial charge in [0.25, 0.3) is 0 Å². The fourth-order valence-corrected chi connectivity index (χ4v) is 3.17. The summed E-state index contributed by atoms with van der Waals surface area (Å²) in [5.74, 6) is 2.96. The maximum atomic E-state index is 4.77. The number of aliphatic imine (C=N–C) groups is 1. The van der Waals surface area contributed by atoms with Gasteiger partial charge in [0.2, 0.25) is 0 Å². The van der Waals surface area contributed by atoms with Crippen molar-refractivity contribution in [2.24, 2.45) is 4.99 Å². The number of halogens is 1. The van der Waals surface area contributed by atoms with Crippen molar-refractivity contribution >= 4 is 29.9 Å². The Kier molecular flexibility index (Phi) is 7.86. The molecule has 0 spiro atoms. The first-order valence-electron chi connectivity index (χ1n) is 9.19. The lowest BCUT2D eigenvalue weighted by molar-refractivity contribution is 0.476. The number of hydrogen-bond acceptors (Lipinski definition) is 3. The molecule has 2 heterocycles. The second-order valence-electron chi connectivity index (χ2n) is 6.48. The van der Waals surface area contributed by atoms with E-state index in [4.69, 9.17) is 4.99 Å². The van der Waals surface area contributed by atoms with Crippen LogP contribution in [0.15, 0.2) is 29.3 Å². The molecule has 0 amide bonds. The van der Waals surface area contributed by atoms with Crippen LogP contribution in [-0.4, -0.2) is 39.2 Å². The first-order chi connectivity index (χ1) is 12.2. The summed E-state index contributed by atoms with van der Waals surface area (Å²) in [4.78, 5) is 6.93. The van der Waals surface area contributed by atoms with Gasteiger partial charge >= 0.3 is 0 Å². The molecule has 1 aliphatic rings. The van der Waals surface area contributed by atoms with E-state index < -0.39 is 0 Å². The first-order valence-corrected chi connectivity index (χ1v) is 9.19. The molecule has 7 heteroatoms. The molecule has 0 unspecified atom stereocenters. The van der Waals surface area contributed by atoms with E-state index >= 15 is 0 Å². The van der Waals surface area contributed by atoms with E-state index in [0.717, 1.165) is 56.5 Å². The maximum absolute atomic E-state index is 4.77. The van der Waals surface area contributed by atoms with Crippen LogP contribution in [0.2, 0.25) is 0 Å². The largest absolute Gasteiger partial charge is 0.357 e. The van der Waals surface area contributed by atoms with E-state index in [9.17, 15) is 0 Å². The smallest absolute Gasteiger partial charge is 0.194 e. The van der Waals surface area contributed by atoms with Crippen molar-refractivity contribution < 1.29 is 0 Å². The van der Waals surface area contributed by atoms with Crippen molar-refractivity contribution in [3.8, 4) is 0 Å². The quantitative estimate of drug-likeness (QED) is 0.403. The summed E-state index contributed by atoms with van der Waals surface area (Å²) in [5.41, 5.74) is 2.65. The molecule has 0 bridgehead atoms. The lowest BCUT2D eigenvalue weighted by atomic mass is 10.1. The van der Waals surface area contributed by atoms with Crippen LogP contribution in [-0.2, 0) is 32.5 Å². The highest BCUT2D eigenvalue weighted by atomic mass is 127. The van der Waals surface area contributed by atoms with Gasteiger partial charge in [-0.3, -0.25) is 0 Å². The summed E-state index contributed by atoms with van der Waals surface area (Å²) in [6.45, 7) is 7.52. The topological polar surface area (TPSA) is 58.3 Å². The number of aromatic nitrogens is 3. The number of rotatable bonds is 6. The Bertz CT molecular complexity index is 722. The summed E-state index contributed by atoms with van der Waals surface area (Å²) in [6.07, 6.45) is 3.27. The second kappa shape index (κ2) is 9.89. The second-order valence-corrected chi connectivity index (χ2v) is 6.48. The van der Waals surface area contributed by atoms with Crippen molar-refractivity contribution in [1.82, 2.24) is 25.0 Å². The van der Waals surface area contributed by atoms with E-state index in [2.05, 4.69) is 70.1 Å². The molecule has 142 valence electrons. The molecule has 1 N–H and O–H groups in total. The Balaban J connectivity index is 0.00000243. The molecule has 0 radical (unpaired) electrons. The number of fused-ring (bicyclic) bond motifs is 1. The zero-order chi connectivity index (χ0) is 17.6. The van der Waals surface area contributed by atoms with Gasteiger partial charge in [0.15, 0.2) is 11.8 Å². The van der Waals surface area contributed by atoms with Crippen molar-refractivity contribution in [3.05, 3.63) is 47.0 Å². The molecule has 0 saturated heterocycles. The normalized spacial score (nSPS) is 13.3. The Morgan fingerprint density at radius 2 is 1.92 bits per heavy atom. The summed E-state index contributed by atoms with van der Waals surface area (Å²) in [5, 5.41) is 11.9. The average molecular weight is 468 g/mol. The Morgan fingerprint density at radius 3 is 2.62 bits per heavy atom. The van der Waals surface area contributed by atoms with Gasteiger partial charge in [-0.15, -0.1) is 34.2 Å². The van der Waals surface area contributed by atoms with Crippen molar-refractivity contribution in [2.45, 2.75) is 52.7 Å². The molecular weight excluding hydrogens is 439 g/mol. The lowest BCUT2D eigenvalue weighted by Crippen LogP contribution is -2.38.